The van der Waals surface area contributed by atoms with Gasteiger partial charge in [-0.15, -0.1) is 11.3 Å². The van der Waals surface area contributed by atoms with Crippen LogP contribution in [0.4, 0.5) is 0 Å². The second-order valence-electron chi connectivity index (χ2n) is 8.39. The fourth-order valence-electron chi connectivity index (χ4n) is 3.37. The molecular weight excluding hydrogens is 406 g/mol. The van der Waals surface area contributed by atoms with Crippen molar-refractivity contribution in [2.24, 2.45) is 0 Å². The fourth-order valence-corrected chi connectivity index (χ4v) is 4.48. The molecule has 7 heteroatoms. The molecule has 1 saturated heterocycles. The quantitative estimate of drug-likeness (QED) is 0.788. The molecule has 5 nitrogen and oxygen atoms in total. The Labute approximate surface area is 181 Å². The van der Waals surface area contributed by atoms with Gasteiger partial charge in [0.15, 0.2) is 0 Å². The Kier molecular flexibility index (Phi) is 6.98. The summed E-state index contributed by atoms with van der Waals surface area (Å²) in [4.78, 5) is 31.0. The van der Waals surface area contributed by atoms with E-state index in [9.17, 15) is 9.59 Å². The molecule has 2 heterocycles. The normalized spacial score (nSPS) is 15.8. The highest BCUT2D eigenvalue weighted by atomic mass is 35.5. The van der Waals surface area contributed by atoms with Crippen molar-refractivity contribution in [1.29, 1.82) is 0 Å². The Morgan fingerprint density at radius 3 is 2.45 bits per heavy atom. The SMILES string of the molecule is CC(C)(C)NC(=O)CN1CCCN(C(=O)c2ccc(-c3ccc(Cl)cc3)s2)CC1. The van der Waals surface area contributed by atoms with Gasteiger partial charge in [0.2, 0.25) is 5.91 Å². The highest BCUT2D eigenvalue weighted by molar-refractivity contribution is 7.17. The molecule has 3 rings (SSSR count). The Morgan fingerprint density at radius 1 is 1.03 bits per heavy atom. The van der Waals surface area contributed by atoms with E-state index in [1.165, 1.54) is 11.3 Å². The largest absolute Gasteiger partial charge is 0.350 e. The average molecular weight is 434 g/mol. The fraction of sp³-hybridized carbons (Fsp3) is 0.455. The molecule has 0 atom stereocenters. The summed E-state index contributed by atoms with van der Waals surface area (Å²) in [6, 6.07) is 11.5. The lowest BCUT2D eigenvalue weighted by atomic mass is 10.1. The van der Waals surface area contributed by atoms with Crippen LogP contribution in [0, 0.1) is 0 Å². The molecule has 156 valence electrons. The van der Waals surface area contributed by atoms with E-state index in [1.54, 1.807) is 0 Å². The maximum Gasteiger partial charge on any atom is 0.263 e. The van der Waals surface area contributed by atoms with Gasteiger partial charge in [0.05, 0.1) is 11.4 Å². The number of thiophene rings is 1. The Hall–Kier alpha value is -1.89. The van der Waals surface area contributed by atoms with E-state index < -0.39 is 0 Å². The number of carbonyl (C=O) groups excluding carboxylic acids is 2. The van der Waals surface area contributed by atoms with E-state index in [1.807, 2.05) is 62.1 Å². The van der Waals surface area contributed by atoms with Gasteiger partial charge in [0.1, 0.15) is 0 Å². The molecule has 1 fully saturated rings. The minimum Gasteiger partial charge on any atom is -0.350 e. The third-order valence-corrected chi connectivity index (χ3v) is 6.08. The number of rotatable bonds is 4. The van der Waals surface area contributed by atoms with Crippen molar-refractivity contribution in [2.45, 2.75) is 32.7 Å². The first-order valence-corrected chi connectivity index (χ1v) is 11.1. The van der Waals surface area contributed by atoms with Crippen molar-refractivity contribution in [1.82, 2.24) is 15.1 Å². The maximum atomic E-state index is 13.0. The number of hydrogen-bond acceptors (Lipinski definition) is 4. The standard InChI is InChI=1S/C22H28ClN3O2S/c1-22(2,3)24-20(27)15-25-11-4-12-26(14-13-25)21(28)19-10-9-18(29-19)16-5-7-17(23)8-6-16/h5-10H,4,11-15H2,1-3H3,(H,24,27). The van der Waals surface area contributed by atoms with Gasteiger partial charge >= 0.3 is 0 Å². The molecule has 0 bridgehead atoms. The number of halogens is 1. The molecule has 0 spiro atoms. The second-order valence-corrected chi connectivity index (χ2v) is 9.91. The number of nitrogens with zero attached hydrogens (tertiary/aromatic N) is 2. The zero-order chi connectivity index (χ0) is 21.0. The lowest BCUT2D eigenvalue weighted by Crippen LogP contribution is -2.46. The van der Waals surface area contributed by atoms with Gasteiger partial charge in [-0.05, 0) is 57.0 Å². The molecule has 1 aromatic carbocycles. The van der Waals surface area contributed by atoms with Gasteiger partial charge in [0, 0.05) is 41.6 Å². The van der Waals surface area contributed by atoms with Crippen LogP contribution in [0.2, 0.25) is 5.02 Å². The highest BCUT2D eigenvalue weighted by Gasteiger charge is 2.23. The number of carbonyl (C=O) groups is 2. The zero-order valence-electron chi connectivity index (χ0n) is 17.2. The van der Waals surface area contributed by atoms with Crippen LogP contribution in [0.5, 0.6) is 0 Å². The van der Waals surface area contributed by atoms with Crippen LogP contribution in [0.3, 0.4) is 0 Å². The summed E-state index contributed by atoms with van der Waals surface area (Å²) in [7, 11) is 0. The van der Waals surface area contributed by atoms with Crippen LogP contribution in [0.15, 0.2) is 36.4 Å². The summed E-state index contributed by atoms with van der Waals surface area (Å²) >= 11 is 7.47. The van der Waals surface area contributed by atoms with Crippen molar-refractivity contribution < 1.29 is 9.59 Å². The van der Waals surface area contributed by atoms with Crippen molar-refractivity contribution in [3.05, 3.63) is 46.3 Å². The van der Waals surface area contributed by atoms with Crippen molar-refractivity contribution in [2.75, 3.05) is 32.7 Å². The lowest BCUT2D eigenvalue weighted by molar-refractivity contribution is -0.123. The van der Waals surface area contributed by atoms with E-state index in [2.05, 4.69) is 10.2 Å². The van der Waals surface area contributed by atoms with Crippen LogP contribution < -0.4 is 5.32 Å². The molecule has 0 unspecified atom stereocenters. The molecule has 1 N–H and O–H groups in total. The van der Waals surface area contributed by atoms with Crippen LogP contribution in [-0.2, 0) is 4.79 Å². The topological polar surface area (TPSA) is 52.7 Å². The second kappa shape index (κ2) is 9.28. The summed E-state index contributed by atoms with van der Waals surface area (Å²) in [5.74, 6) is 0.0966. The van der Waals surface area contributed by atoms with Gasteiger partial charge in [-0.2, -0.15) is 0 Å². The van der Waals surface area contributed by atoms with Crippen LogP contribution in [0.25, 0.3) is 10.4 Å². The van der Waals surface area contributed by atoms with Crippen LogP contribution >= 0.6 is 22.9 Å². The van der Waals surface area contributed by atoms with Crippen LogP contribution in [0.1, 0.15) is 36.9 Å². The van der Waals surface area contributed by atoms with E-state index in [0.717, 1.165) is 28.3 Å². The van der Waals surface area contributed by atoms with Gasteiger partial charge in [0.25, 0.3) is 5.91 Å². The summed E-state index contributed by atoms with van der Waals surface area (Å²) in [5, 5.41) is 3.70. The molecule has 2 aromatic rings. The molecule has 1 aliphatic rings. The first kappa shape index (κ1) is 21.8. The number of amides is 2. The summed E-state index contributed by atoms with van der Waals surface area (Å²) in [6.07, 6.45) is 0.865. The smallest absolute Gasteiger partial charge is 0.263 e. The summed E-state index contributed by atoms with van der Waals surface area (Å²) in [5.41, 5.74) is 0.830. The van der Waals surface area contributed by atoms with E-state index in [-0.39, 0.29) is 17.4 Å². The Balaban J connectivity index is 1.58. The van der Waals surface area contributed by atoms with Gasteiger partial charge in [-0.25, -0.2) is 0 Å². The first-order valence-electron chi connectivity index (χ1n) is 9.90. The van der Waals surface area contributed by atoms with Crippen LogP contribution in [-0.4, -0.2) is 59.9 Å². The summed E-state index contributed by atoms with van der Waals surface area (Å²) in [6.45, 7) is 9.19. The van der Waals surface area contributed by atoms with E-state index in [4.69, 9.17) is 11.6 Å². The van der Waals surface area contributed by atoms with Crippen molar-refractivity contribution in [3.8, 4) is 10.4 Å². The predicted molar refractivity (Wildman–Crippen MR) is 120 cm³/mol. The van der Waals surface area contributed by atoms with Gasteiger partial charge < -0.3 is 10.2 Å². The van der Waals surface area contributed by atoms with Crippen molar-refractivity contribution >= 4 is 34.8 Å². The monoisotopic (exact) mass is 433 g/mol. The Bertz CT molecular complexity index is 858. The minimum atomic E-state index is -0.230. The molecule has 2 amide bonds. The number of hydrogen-bond donors (Lipinski definition) is 1. The van der Waals surface area contributed by atoms with Gasteiger partial charge in [-0.3, -0.25) is 14.5 Å². The number of benzene rings is 1. The number of nitrogens with one attached hydrogen (secondary N) is 1. The molecule has 1 aliphatic heterocycles. The molecule has 0 aliphatic carbocycles. The molecule has 29 heavy (non-hydrogen) atoms. The molecular formula is C22H28ClN3O2S. The average Bonchev–Trinajstić information content (AvgIpc) is 3.01. The third-order valence-electron chi connectivity index (χ3n) is 4.70. The highest BCUT2D eigenvalue weighted by Crippen LogP contribution is 2.30. The zero-order valence-corrected chi connectivity index (χ0v) is 18.8. The van der Waals surface area contributed by atoms with Crippen molar-refractivity contribution in [3.63, 3.8) is 0 Å². The minimum absolute atomic E-state index is 0.0307. The maximum absolute atomic E-state index is 13.0. The third kappa shape index (κ3) is 6.29. The molecule has 1 aromatic heterocycles. The van der Waals surface area contributed by atoms with E-state index >= 15 is 0 Å². The van der Waals surface area contributed by atoms with Gasteiger partial charge in [-0.1, -0.05) is 23.7 Å². The first-order chi connectivity index (χ1) is 13.7. The molecule has 0 radical (unpaired) electrons. The van der Waals surface area contributed by atoms with E-state index in [0.29, 0.717) is 31.2 Å². The lowest BCUT2D eigenvalue weighted by Gasteiger charge is -2.25. The molecule has 0 saturated carbocycles. The Morgan fingerprint density at radius 2 is 1.76 bits per heavy atom. The predicted octanol–water partition coefficient (Wildman–Crippen LogP) is 4.13. The summed E-state index contributed by atoms with van der Waals surface area (Å²) < 4.78 is 0.